The molecular formula is C24H29N5O3. The molecule has 2 heterocycles. The lowest BCUT2D eigenvalue weighted by atomic mass is 10.2. The van der Waals surface area contributed by atoms with Gasteiger partial charge in [-0.2, -0.15) is 0 Å². The fourth-order valence-electron chi connectivity index (χ4n) is 4.01. The van der Waals surface area contributed by atoms with Gasteiger partial charge in [0.05, 0.1) is 42.0 Å². The Morgan fingerprint density at radius 3 is 2.44 bits per heavy atom. The molecule has 0 bridgehead atoms. The van der Waals surface area contributed by atoms with Crippen molar-refractivity contribution in [2.24, 2.45) is 7.05 Å². The molecule has 1 aromatic heterocycles. The molecule has 32 heavy (non-hydrogen) atoms. The summed E-state index contributed by atoms with van der Waals surface area (Å²) < 4.78 is 7.22. The number of ether oxygens (including phenoxy) is 1. The zero-order valence-electron chi connectivity index (χ0n) is 18.6. The third-order valence-electron chi connectivity index (χ3n) is 5.77. The van der Waals surface area contributed by atoms with Crippen molar-refractivity contribution in [2.45, 2.75) is 13.5 Å². The number of nitrogens with zero attached hydrogens (tertiary/aromatic N) is 4. The van der Waals surface area contributed by atoms with Crippen molar-refractivity contribution in [1.29, 1.82) is 0 Å². The first-order chi connectivity index (χ1) is 15.5. The number of nitrogens with one attached hydrogen (secondary N) is 1. The maximum Gasteiger partial charge on any atom is 0.340 e. The first kappa shape index (κ1) is 22.0. The summed E-state index contributed by atoms with van der Waals surface area (Å²) in [5, 5.41) is 2.86. The molecule has 4 rings (SSSR count). The maximum absolute atomic E-state index is 12.6. The molecule has 0 radical (unpaired) electrons. The number of amides is 1. The molecule has 1 aliphatic heterocycles. The summed E-state index contributed by atoms with van der Waals surface area (Å²) in [6.45, 7) is 6.48. The topological polar surface area (TPSA) is 79.7 Å². The summed E-state index contributed by atoms with van der Waals surface area (Å²) in [6, 6.07) is 15.1. The van der Waals surface area contributed by atoms with Crippen LogP contribution in [0.2, 0.25) is 0 Å². The maximum atomic E-state index is 12.6. The van der Waals surface area contributed by atoms with Crippen LogP contribution in [0.1, 0.15) is 23.1 Å². The Kier molecular flexibility index (Phi) is 6.82. The molecule has 1 amide bonds. The average molecular weight is 436 g/mol. The number of aromatic nitrogens is 2. The van der Waals surface area contributed by atoms with Crippen LogP contribution in [0, 0.1) is 0 Å². The molecule has 1 N–H and O–H groups in total. The number of imidazole rings is 1. The van der Waals surface area contributed by atoms with Gasteiger partial charge in [-0.3, -0.25) is 14.6 Å². The van der Waals surface area contributed by atoms with Crippen molar-refractivity contribution < 1.29 is 14.3 Å². The quantitative estimate of drug-likeness (QED) is 0.575. The molecular weight excluding hydrogens is 406 g/mol. The van der Waals surface area contributed by atoms with Crippen LogP contribution in [0.3, 0.4) is 0 Å². The zero-order valence-corrected chi connectivity index (χ0v) is 18.6. The molecule has 0 unspecified atom stereocenters. The molecule has 0 atom stereocenters. The summed E-state index contributed by atoms with van der Waals surface area (Å²) >= 11 is 0. The highest BCUT2D eigenvalue weighted by molar-refractivity contribution is 6.01. The van der Waals surface area contributed by atoms with Crippen LogP contribution in [0.4, 0.5) is 5.69 Å². The predicted molar refractivity (Wildman–Crippen MR) is 123 cm³/mol. The molecule has 0 spiro atoms. The Morgan fingerprint density at radius 2 is 1.69 bits per heavy atom. The third kappa shape index (κ3) is 4.98. The van der Waals surface area contributed by atoms with Crippen LogP contribution in [0.15, 0.2) is 48.5 Å². The van der Waals surface area contributed by atoms with E-state index in [9.17, 15) is 9.59 Å². The van der Waals surface area contributed by atoms with E-state index < -0.39 is 5.97 Å². The number of aryl methyl sites for hydroxylation is 1. The monoisotopic (exact) mass is 435 g/mol. The van der Waals surface area contributed by atoms with Gasteiger partial charge in [0.15, 0.2) is 0 Å². The van der Waals surface area contributed by atoms with Crippen LogP contribution >= 0.6 is 0 Å². The highest BCUT2D eigenvalue weighted by Gasteiger charge is 2.21. The van der Waals surface area contributed by atoms with Gasteiger partial charge in [-0.1, -0.05) is 24.3 Å². The smallest absolute Gasteiger partial charge is 0.340 e. The van der Waals surface area contributed by atoms with Crippen molar-refractivity contribution in [2.75, 3.05) is 44.6 Å². The number of anilines is 1. The van der Waals surface area contributed by atoms with E-state index in [1.807, 2.05) is 18.2 Å². The van der Waals surface area contributed by atoms with E-state index >= 15 is 0 Å². The van der Waals surface area contributed by atoms with E-state index in [2.05, 4.69) is 32.8 Å². The van der Waals surface area contributed by atoms with Gasteiger partial charge < -0.3 is 14.6 Å². The normalized spacial score (nSPS) is 15.1. The number of esters is 1. The minimum absolute atomic E-state index is 0.134. The van der Waals surface area contributed by atoms with Crippen LogP contribution in [-0.4, -0.2) is 70.6 Å². The number of carbonyl (C=O) groups is 2. The number of piperazine rings is 1. The highest BCUT2D eigenvalue weighted by atomic mass is 16.5. The lowest BCUT2D eigenvalue weighted by Crippen LogP contribution is -2.48. The van der Waals surface area contributed by atoms with Crippen molar-refractivity contribution in [1.82, 2.24) is 19.4 Å². The van der Waals surface area contributed by atoms with Crippen LogP contribution < -0.4 is 5.32 Å². The summed E-state index contributed by atoms with van der Waals surface area (Å²) in [7, 11) is 2.05. The highest BCUT2D eigenvalue weighted by Crippen LogP contribution is 2.18. The van der Waals surface area contributed by atoms with E-state index in [1.54, 1.807) is 31.2 Å². The lowest BCUT2D eigenvalue weighted by molar-refractivity contribution is -0.117. The zero-order chi connectivity index (χ0) is 22.5. The molecule has 2 aromatic carbocycles. The van der Waals surface area contributed by atoms with Crippen molar-refractivity contribution >= 4 is 28.6 Å². The third-order valence-corrected chi connectivity index (χ3v) is 5.77. The largest absolute Gasteiger partial charge is 0.462 e. The summed E-state index contributed by atoms with van der Waals surface area (Å²) in [5.41, 5.74) is 3.01. The van der Waals surface area contributed by atoms with Gasteiger partial charge in [-0.15, -0.1) is 0 Å². The van der Waals surface area contributed by atoms with E-state index in [-0.39, 0.29) is 12.5 Å². The van der Waals surface area contributed by atoms with E-state index in [4.69, 9.17) is 9.72 Å². The van der Waals surface area contributed by atoms with Gasteiger partial charge in [0.2, 0.25) is 5.91 Å². The lowest BCUT2D eigenvalue weighted by Gasteiger charge is -2.34. The molecule has 0 saturated carbocycles. The van der Waals surface area contributed by atoms with Crippen LogP contribution in [0.5, 0.6) is 0 Å². The van der Waals surface area contributed by atoms with Gasteiger partial charge in [-0.25, -0.2) is 9.78 Å². The molecule has 1 aliphatic rings. The van der Waals surface area contributed by atoms with E-state index in [0.29, 0.717) is 17.9 Å². The standard InChI is InChI=1S/C24H29N5O3/c1-3-32-24(31)18-8-4-5-9-19(18)26-23(30)17-29-14-12-28(13-15-29)16-22-25-20-10-6-7-11-21(20)27(22)2/h4-11H,3,12-17H2,1-2H3,(H,26,30). The molecule has 3 aromatic rings. The van der Waals surface area contributed by atoms with Gasteiger partial charge in [0, 0.05) is 33.2 Å². The Labute approximate surface area is 187 Å². The molecule has 1 fully saturated rings. The van der Waals surface area contributed by atoms with Crippen molar-refractivity contribution in [3.63, 3.8) is 0 Å². The first-order valence-corrected chi connectivity index (χ1v) is 11.0. The van der Waals surface area contributed by atoms with Gasteiger partial charge in [0.1, 0.15) is 5.82 Å². The average Bonchev–Trinajstić information content (AvgIpc) is 3.11. The molecule has 8 heteroatoms. The SMILES string of the molecule is CCOC(=O)c1ccccc1NC(=O)CN1CCN(Cc2nc3ccccc3n2C)CC1. The van der Waals surface area contributed by atoms with Crippen LogP contribution in [-0.2, 0) is 23.1 Å². The van der Waals surface area contributed by atoms with E-state index in [0.717, 1.165) is 49.6 Å². The summed E-state index contributed by atoms with van der Waals surface area (Å²) in [6.07, 6.45) is 0. The Hall–Kier alpha value is -3.23. The number of fused-ring (bicyclic) bond motifs is 1. The van der Waals surface area contributed by atoms with Crippen molar-refractivity contribution in [3.05, 3.63) is 59.9 Å². The fourth-order valence-corrected chi connectivity index (χ4v) is 4.01. The molecule has 0 aliphatic carbocycles. The summed E-state index contributed by atoms with van der Waals surface area (Å²) in [4.78, 5) is 34.0. The van der Waals surface area contributed by atoms with Crippen molar-refractivity contribution in [3.8, 4) is 0 Å². The second kappa shape index (κ2) is 9.93. The van der Waals surface area contributed by atoms with Gasteiger partial charge in [0.25, 0.3) is 0 Å². The van der Waals surface area contributed by atoms with E-state index in [1.165, 1.54) is 0 Å². The van der Waals surface area contributed by atoms with Gasteiger partial charge >= 0.3 is 5.97 Å². The number of benzene rings is 2. The first-order valence-electron chi connectivity index (χ1n) is 11.0. The summed E-state index contributed by atoms with van der Waals surface area (Å²) in [5.74, 6) is 0.484. The van der Waals surface area contributed by atoms with Gasteiger partial charge in [-0.05, 0) is 31.2 Å². The number of carbonyl (C=O) groups excluding carboxylic acids is 2. The molecule has 168 valence electrons. The Balaban J connectivity index is 1.29. The number of rotatable bonds is 7. The number of para-hydroxylation sites is 3. The fraction of sp³-hybridized carbons (Fsp3) is 0.375. The van der Waals surface area contributed by atoms with Crippen LogP contribution in [0.25, 0.3) is 11.0 Å². The number of hydrogen-bond donors (Lipinski definition) is 1. The second-order valence-electron chi connectivity index (χ2n) is 7.94. The predicted octanol–water partition coefficient (Wildman–Crippen LogP) is 2.51. The number of hydrogen-bond acceptors (Lipinski definition) is 6. The second-order valence-corrected chi connectivity index (χ2v) is 7.94. The molecule has 8 nitrogen and oxygen atoms in total. The minimum Gasteiger partial charge on any atom is -0.462 e. The Bertz CT molecular complexity index is 1100. The Morgan fingerprint density at radius 1 is 1.00 bits per heavy atom. The minimum atomic E-state index is -0.432. The molecule has 1 saturated heterocycles.